The summed E-state index contributed by atoms with van der Waals surface area (Å²) in [6, 6.07) is -1.95. The van der Waals surface area contributed by atoms with Crippen LogP contribution in [0.25, 0.3) is 0 Å². The molecule has 0 spiro atoms. The molecule has 0 aromatic heterocycles. The number of carboxylic acid groups (broad SMARTS) is 2. The van der Waals surface area contributed by atoms with E-state index in [4.69, 9.17) is 15.9 Å². The normalized spacial score (nSPS) is 13.3. The molecule has 7 nitrogen and oxygen atoms in total. The third-order valence-electron chi connectivity index (χ3n) is 3.02. The van der Waals surface area contributed by atoms with Gasteiger partial charge in [0.25, 0.3) is 0 Å². The zero-order valence-electron chi connectivity index (χ0n) is 13.3. The van der Waals surface area contributed by atoms with Crippen LogP contribution in [-0.4, -0.2) is 51.6 Å². The number of rotatable bonds is 14. The molecule has 1 unspecified atom stereocenters. The highest BCUT2D eigenvalue weighted by Crippen LogP contribution is 2.22. The monoisotopic (exact) mass is 366 g/mol. The molecule has 0 saturated heterocycles. The van der Waals surface area contributed by atoms with Gasteiger partial charge < -0.3 is 21.3 Å². The third kappa shape index (κ3) is 12.2. The van der Waals surface area contributed by atoms with Crippen LogP contribution in [0.15, 0.2) is 0 Å². The topological polar surface area (TPSA) is 130 Å². The molecule has 0 aliphatic rings. The Labute approximate surface area is 144 Å². The molecule has 5 N–H and O–H groups in total. The van der Waals surface area contributed by atoms with Crippen molar-refractivity contribution in [3.05, 3.63) is 0 Å². The summed E-state index contributed by atoms with van der Waals surface area (Å²) in [5.74, 6) is -2.11. The van der Waals surface area contributed by atoms with E-state index in [2.05, 4.69) is 12.2 Å². The lowest BCUT2D eigenvalue weighted by atomic mass is 10.1. The van der Waals surface area contributed by atoms with Crippen LogP contribution in [0.3, 0.4) is 0 Å². The van der Waals surface area contributed by atoms with Gasteiger partial charge in [0, 0.05) is 17.9 Å². The van der Waals surface area contributed by atoms with E-state index in [0.29, 0.717) is 6.42 Å². The molecule has 1 amide bonds. The van der Waals surface area contributed by atoms with Crippen molar-refractivity contribution in [3.63, 3.8) is 0 Å². The fourth-order valence-electron chi connectivity index (χ4n) is 1.64. The Balaban J connectivity index is 3.95. The van der Waals surface area contributed by atoms with E-state index in [1.807, 2.05) is 0 Å². The summed E-state index contributed by atoms with van der Waals surface area (Å²) < 4.78 is 0. The van der Waals surface area contributed by atoms with Crippen LogP contribution in [0.4, 0.5) is 0 Å². The van der Waals surface area contributed by atoms with Crippen molar-refractivity contribution >= 4 is 39.4 Å². The van der Waals surface area contributed by atoms with Gasteiger partial charge in [-0.25, -0.2) is 4.79 Å². The molecule has 0 heterocycles. The van der Waals surface area contributed by atoms with Gasteiger partial charge in [-0.2, -0.15) is 0 Å². The number of nitrogens with two attached hydrogens (primary N) is 1. The van der Waals surface area contributed by atoms with Gasteiger partial charge >= 0.3 is 11.9 Å². The Kier molecular flexibility index (Phi) is 13.0. The minimum atomic E-state index is -1.10. The van der Waals surface area contributed by atoms with Crippen molar-refractivity contribution in [2.75, 3.05) is 11.5 Å². The van der Waals surface area contributed by atoms with Gasteiger partial charge in [-0.1, -0.05) is 54.2 Å². The summed E-state index contributed by atoms with van der Waals surface area (Å²) in [5, 5.41) is 20.2. The number of carbonyl (C=O) groups is 3. The van der Waals surface area contributed by atoms with Crippen LogP contribution in [0.5, 0.6) is 0 Å². The fourth-order valence-corrected chi connectivity index (χ4v) is 3.91. The van der Waals surface area contributed by atoms with E-state index in [9.17, 15) is 14.4 Å². The second-order valence-corrected chi connectivity index (χ2v) is 7.69. The van der Waals surface area contributed by atoms with Gasteiger partial charge in [0.2, 0.25) is 5.91 Å². The number of unbranched alkanes of at least 4 members (excludes halogenated alkanes) is 4. The second kappa shape index (κ2) is 13.5. The van der Waals surface area contributed by atoms with Crippen LogP contribution in [0, 0.1) is 0 Å². The van der Waals surface area contributed by atoms with Crippen LogP contribution in [-0.2, 0) is 14.4 Å². The Bertz CT molecular complexity index is 382. The molecule has 2 atom stereocenters. The highest BCUT2D eigenvalue weighted by Gasteiger charge is 2.20. The summed E-state index contributed by atoms with van der Waals surface area (Å²) in [5.41, 5.74) is 5.34. The lowest BCUT2D eigenvalue weighted by Crippen LogP contribution is -2.42. The number of aliphatic carboxylic acids is 2. The molecule has 0 aliphatic carbocycles. The lowest BCUT2D eigenvalue weighted by molar-refractivity contribution is -0.141. The van der Waals surface area contributed by atoms with Gasteiger partial charge in [0.05, 0.1) is 0 Å². The predicted octanol–water partition coefficient (Wildman–Crippen LogP) is 1.71. The van der Waals surface area contributed by atoms with Crippen molar-refractivity contribution in [2.24, 2.45) is 5.73 Å². The highest BCUT2D eigenvalue weighted by atomic mass is 33.1. The quantitative estimate of drug-likeness (QED) is 0.270. The van der Waals surface area contributed by atoms with E-state index in [-0.39, 0.29) is 17.4 Å². The van der Waals surface area contributed by atoms with Crippen molar-refractivity contribution < 1.29 is 24.6 Å². The summed E-state index contributed by atoms with van der Waals surface area (Å²) in [6.07, 6.45) is 5.42. The van der Waals surface area contributed by atoms with Gasteiger partial charge in [0.15, 0.2) is 0 Å². The molecular formula is C14H26N2O5S2. The van der Waals surface area contributed by atoms with Gasteiger partial charge in [-0.15, -0.1) is 0 Å². The van der Waals surface area contributed by atoms with Crippen molar-refractivity contribution in [1.82, 2.24) is 5.32 Å². The number of carbonyl (C=O) groups excluding carboxylic acids is 1. The van der Waals surface area contributed by atoms with Crippen LogP contribution in [0.2, 0.25) is 0 Å². The SMILES string of the molecule is CCCCCCCC(=O)N[C@@H](CSSCC(N)C(=O)O)C(=O)O. The first-order chi connectivity index (χ1) is 10.9. The van der Waals surface area contributed by atoms with Crippen LogP contribution in [0.1, 0.15) is 45.4 Å². The molecule has 9 heteroatoms. The fraction of sp³-hybridized carbons (Fsp3) is 0.786. The summed E-state index contributed by atoms with van der Waals surface area (Å²) in [7, 11) is 2.38. The molecule has 0 aliphatic heterocycles. The molecule has 0 fully saturated rings. The van der Waals surface area contributed by atoms with Crippen molar-refractivity contribution in [3.8, 4) is 0 Å². The first kappa shape index (κ1) is 22.1. The first-order valence-electron chi connectivity index (χ1n) is 7.63. The largest absolute Gasteiger partial charge is 0.480 e. The molecule has 0 saturated carbocycles. The standard InChI is InChI=1S/C14H26N2O5S2/c1-2-3-4-5-6-7-12(17)16-11(14(20)21)9-23-22-8-10(15)13(18)19/h10-11H,2-9,15H2,1H3,(H,16,17)(H,18,19)(H,20,21)/t10?,11-/m0/s1. The minimum absolute atomic E-state index is 0.161. The average Bonchev–Trinajstić information content (AvgIpc) is 2.49. The van der Waals surface area contributed by atoms with E-state index in [0.717, 1.165) is 32.1 Å². The number of carboxylic acids is 2. The average molecular weight is 367 g/mol. The molecule has 134 valence electrons. The Morgan fingerprint density at radius 3 is 2.17 bits per heavy atom. The Morgan fingerprint density at radius 2 is 1.61 bits per heavy atom. The molecular weight excluding hydrogens is 340 g/mol. The first-order valence-corrected chi connectivity index (χ1v) is 10.1. The number of hydrogen-bond acceptors (Lipinski definition) is 6. The summed E-state index contributed by atoms with van der Waals surface area (Å²) in [4.78, 5) is 33.4. The molecule has 0 radical (unpaired) electrons. The van der Waals surface area contributed by atoms with E-state index in [1.54, 1.807) is 0 Å². The highest BCUT2D eigenvalue weighted by molar-refractivity contribution is 8.76. The molecule has 0 aromatic carbocycles. The number of amides is 1. The summed E-state index contributed by atoms with van der Waals surface area (Å²) in [6.45, 7) is 2.11. The van der Waals surface area contributed by atoms with E-state index >= 15 is 0 Å². The molecule has 0 bridgehead atoms. The van der Waals surface area contributed by atoms with Gasteiger partial charge in [-0.3, -0.25) is 9.59 Å². The maximum absolute atomic E-state index is 11.7. The molecule has 23 heavy (non-hydrogen) atoms. The Hall–Kier alpha value is -0.930. The maximum atomic E-state index is 11.7. The van der Waals surface area contributed by atoms with E-state index in [1.165, 1.54) is 21.6 Å². The van der Waals surface area contributed by atoms with Crippen LogP contribution < -0.4 is 11.1 Å². The smallest absolute Gasteiger partial charge is 0.327 e. The maximum Gasteiger partial charge on any atom is 0.327 e. The zero-order valence-corrected chi connectivity index (χ0v) is 15.0. The zero-order chi connectivity index (χ0) is 17.7. The third-order valence-corrected chi connectivity index (χ3v) is 5.47. The number of nitrogens with one attached hydrogen (secondary N) is 1. The summed E-state index contributed by atoms with van der Waals surface area (Å²) >= 11 is 0. The second-order valence-electron chi connectivity index (χ2n) is 5.14. The van der Waals surface area contributed by atoms with E-state index < -0.39 is 24.0 Å². The predicted molar refractivity (Wildman–Crippen MR) is 93.5 cm³/mol. The molecule has 0 rings (SSSR count). The van der Waals surface area contributed by atoms with Gasteiger partial charge in [-0.05, 0) is 6.42 Å². The number of hydrogen-bond donors (Lipinski definition) is 4. The Morgan fingerprint density at radius 1 is 1.00 bits per heavy atom. The van der Waals surface area contributed by atoms with Gasteiger partial charge in [0.1, 0.15) is 12.1 Å². The minimum Gasteiger partial charge on any atom is -0.480 e. The molecule has 0 aromatic rings. The van der Waals surface area contributed by atoms with Crippen LogP contribution >= 0.6 is 21.6 Å². The lowest BCUT2D eigenvalue weighted by Gasteiger charge is -2.14. The van der Waals surface area contributed by atoms with Crippen molar-refractivity contribution in [1.29, 1.82) is 0 Å². The van der Waals surface area contributed by atoms with Crippen molar-refractivity contribution in [2.45, 2.75) is 57.5 Å².